The summed E-state index contributed by atoms with van der Waals surface area (Å²) in [5.41, 5.74) is 2.00. The van der Waals surface area contributed by atoms with E-state index in [-0.39, 0.29) is 0 Å². The number of para-hydroxylation sites is 2. The Morgan fingerprint density at radius 1 is 1.29 bits per heavy atom. The number of fused-ring (bicyclic) bond motifs is 3. The minimum absolute atomic E-state index is 0.439. The van der Waals surface area contributed by atoms with Gasteiger partial charge in [-0.2, -0.15) is 4.48 Å². The number of nitrogens with zero attached hydrogens (tertiary/aromatic N) is 4. The molecule has 2 aliphatic heterocycles. The molecule has 0 saturated carbocycles. The standard InChI is InChI=1S/C12H12ClN4/c1-2-7-17-8-14-16-12(17)11(13)15-9-5-3-4-6-10(9)17/h3-6,8H,2,7H2,1H3/q+1. The molecular formula is C12H12ClN4+. The predicted molar refractivity (Wildman–Crippen MR) is 72.3 cm³/mol. The molecule has 1 aromatic rings. The van der Waals surface area contributed by atoms with Gasteiger partial charge in [0.25, 0.3) is 5.84 Å². The summed E-state index contributed by atoms with van der Waals surface area (Å²) in [5.74, 6) is 0.729. The number of benzene rings is 1. The van der Waals surface area contributed by atoms with Gasteiger partial charge in [0.1, 0.15) is 5.69 Å². The summed E-state index contributed by atoms with van der Waals surface area (Å²) in [6.07, 6.45) is 2.86. The van der Waals surface area contributed by atoms with Crippen molar-refractivity contribution in [3.05, 3.63) is 24.3 Å². The maximum absolute atomic E-state index is 6.19. The molecule has 0 aliphatic carbocycles. The lowest BCUT2D eigenvalue weighted by molar-refractivity contribution is 0.601. The van der Waals surface area contributed by atoms with E-state index >= 15 is 0 Å². The van der Waals surface area contributed by atoms with Gasteiger partial charge in [-0.3, -0.25) is 0 Å². The highest BCUT2D eigenvalue weighted by Gasteiger charge is 2.45. The number of hydrogen-bond donors (Lipinski definition) is 0. The Labute approximate surface area is 105 Å². The molecule has 0 radical (unpaired) electrons. The molecular weight excluding hydrogens is 236 g/mol. The van der Waals surface area contributed by atoms with E-state index in [4.69, 9.17) is 11.6 Å². The summed E-state index contributed by atoms with van der Waals surface area (Å²) < 4.78 is 0.495. The Morgan fingerprint density at radius 2 is 2.12 bits per heavy atom. The minimum atomic E-state index is 0.439. The highest BCUT2D eigenvalue weighted by Crippen LogP contribution is 2.39. The zero-order valence-corrected chi connectivity index (χ0v) is 10.2. The first kappa shape index (κ1) is 10.6. The van der Waals surface area contributed by atoms with E-state index in [1.54, 1.807) is 0 Å². The van der Waals surface area contributed by atoms with Crippen LogP contribution in [0.5, 0.6) is 0 Å². The number of hydrogen-bond acceptors (Lipinski definition) is 3. The first-order valence-electron chi connectivity index (χ1n) is 5.62. The Morgan fingerprint density at radius 3 is 2.94 bits per heavy atom. The number of amidine groups is 1. The Kier molecular flexibility index (Phi) is 2.34. The van der Waals surface area contributed by atoms with E-state index in [0.29, 0.717) is 9.65 Å². The highest BCUT2D eigenvalue weighted by atomic mass is 35.5. The molecule has 4 nitrogen and oxygen atoms in total. The fourth-order valence-corrected chi connectivity index (χ4v) is 2.65. The number of aliphatic imine (C=N–C) groups is 1. The molecule has 86 valence electrons. The average molecular weight is 248 g/mol. The van der Waals surface area contributed by atoms with Crippen molar-refractivity contribution < 1.29 is 0 Å². The van der Waals surface area contributed by atoms with Crippen LogP contribution in [0.2, 0.25) is 0 Å². The monoisotopic (exact) mass is 247 g/mol. The first-order valence-corrected chi connectivity index (χ1v) is 6.00. The number of quaternary nitrogens is 1. The van der Waals surface area contributed by atoms with Crippen LogP contribution in [0.15, 0.2) is 39.5 Å². The van der Waals surface area contributed by atoms with Crippen molar-refractivity contribution in [1.29, 1.82) is 0 Å². The van der Waals surface area contributed by atoms with Crippen molar-refractivity contribution in [3.63, 3.8) is 0 Å². The van der Waals surface area contributed by atoms with Crippen LogP contribution in [0.1, 0.15) is 13.3 Å². The van der Waals surface area contributed by atoms with Crippen LogP contribution in [-0.2, 0) is 0 Å². The third kappa shape index (κ3) is 1.38. The molecule has 0 fully saturated rings. The van der Waals surface area contributed by atoms with E-state index in [0.717, 1.165) is 30.2 Å². The maximum atomic E-state index is 6.19. The molecule has 5 heteroatoms. The van der Waals surface area contributed by atoms with E-state index in [1.165, 1.54) is 0 Å². The van der Waals surface area contributed by atoms with E-state index in [2.05, 4.69) is 28.2 Å². The first-order chi connectivity index (χ1) is 8.28. The largest absolute Gasteiger partial charge is 0.296 e. The third-order valence-corrected chi connectivity index (χ3v) is 3.32. The molecule has 1 aromatic carbocycles. The van der Waals surface area contributed by atoms with Crippen LogP contribution in [0, 0.1) is 0 Å². The lowest BCUT2D eigenvalue weighted by atomic mass is 10.1. The van der Waals surface area contributed by atoms with Gasteiger partial charge in [0.2, 0.25) is 11.5 Å². The van der Waals surface area contributed by atoms with Gasteiger partial charge in [-0.15, -0.1) is 0 Å². The molecule has 1 atom stereocenters. The second-order valence-electron chi connectivity index (χ2n) is 4.14. The van der Waals surface area contributed by atoms with Gasteiger partial charge in [-0.1, -0.05) is 40.9 Å². The molecule has 2 heterocycles. The van der Waals surface area contributed by atoms with Crippen molar-refractivity contribution in [1.82, 2.24) is 4.48 Å². The van der Waals surface area contributed by atoms with Gasteiger partial charge < -0.3 is 0 Å². The summed E-state index contributed by atoms with van der Waals surface area (Å²) in [5, 5.41) is 8.60. The van der Waals surface area contributed by atoms with Crippen molar-refractivity contribution >= 4 is 40.3 Å². The normalized spacial score (nSPS) is 25.1. The van der Waals surface area contributed by atoms with Crippen molar-refractivity contribution in [2.75, 3.05) is 6.54 Å². The Balaban J connectivity index is 2.27. The lowest BCUT2D eigenvalue weighted by Gasteiger charge is -2.32. The zero-order chi connectivity index (χ0) is 11.9. The molecule has 17 heavy (non-hydrogen) atoms. The summed E-state index contributed by atoms with van der Waals surface area (Å²) in [6, 6.07) is 8.00. The molecule has 0 aromatic heterocycles. The number of rotatable bonds is 2. The zero-order valence-electron chi connectivity index (χ0n) is 9.47. The van der Waals surface area contributed by atoms with E-state index in [9.17, 15) is 0 Å². The highest BCUT2D eigenvalue weighted by molar-refractivity contribution is 6.85. The van der Waals surface area contributed by atoms with Crippen LogP contribution < -0.4 is 4.48 Å². The fraction of sp³-hybridized carbons (Fsp3) is 0.250. The van der Waals surface area contributed by atoms with Gasteiger partial charge in [0.15, 0.2) is 5.69 Å². The molecule has 3 rings (SSSR count). The predicted octanol–water partition coefficient (Wildman–Crippen LogP) is 3.04. The fourth-order valence-electron chi connectivity index (χ4n) is 2.37. The number of halogens is 1. The molecule has 0 spiro atoms. The van der Waals surface area contributed by atoms with Gasteiger partial charge in [0, 0.05) is 6.07 Å². The molecule has 0 saturated heterocycles. The molecule has 0 N–H and O–H groups in total. The van der Waals surface area contributed by atoms with Crippen LogP contribution in [0.25, 0.3) is 0 Å². The summed E-state index contributed by atoms with van der Waals surface area (Å²) in [4.78, 5) is 4.37. The van der Waals surface area contributed by atoms with Crippen molar-refractivity contribution in [2.24, 2.45) is 15.2 Å². The second kappa shape index (κ2) is 3.75. The van der Waals surface area contributed by atoms with Crippen LogP contribution >= 0.6 is 11.6 Å². The Hall–Kier alpha value is -1.52. The topological polar surface area (TPSA) is 37.1 Å². The quantitative estimate of drug-likeness (QED) is 0.721. The van der Waals surface area contributed by atoms with Gasteiger partial charge in [-0.05, 0) is 12.5 Å². The second-order valence-corrected chi connectivity index (χ2v) is 4.50. The van der Waals surface area contributed by atoms with Crippen molar-refractivity contribution in [2.45, 2.75) is 13.3 Å². The van der Waals surface area contributed by atoms with Gasteiger partial charge >= 0.3 is 0 Å². The Bertz CT molecular complexity index is 561. The van der Waals surface area contributed by atoms with E-state index < -0.39 is 0 Å². The smallest absolute Gasteiger partial charge is 0.223 e. The van der Waals surface area contributed by atoms with Crippen LogP contribution in [-0.4, -0.2) is 23.9 Å². The average Bonchev–Trinajstić information content (AvgIpc) is 2.75. The summed E-state index contributed by atoms with van der Waals surface area (Å²) in [6.45, 7) is 3.03. The van der Waals surface area contributed by atoms with Gasteiger partial charge in [0.05, 0.1) is 6.54 Å². The summed E-state index contributed by atoms with van der Waals surface area (Å²) in [7, 11) is 0. The SMILES string of the molecule is CCC[N+]12C=NN=C1C(Cl)=Nc1ccccc12. The molecule has 2 aliphatic rings. The maximum Gasteiger partial charge on any atom is 0.296 e. The summed E-state index contributed by atoms with van der Waals surface area (Å²) >= 11 is 6.19. The molecule has 0 bridgehead atoms. The van der Waals surface area contributed by atoms with Gasteiger partial charge in [-0.25, -0.2) is 4.99 Å². The third-order valence-electron chi connectivity index (χ3n) is 3.07. The van der Waals surface area contributed by atoms with Crippen molar-refractivity contribution in [3.8, 4) is 0 Å². The molecule has 0 amide bonds. The minimum Gasteiger partial charge on any atom is -0.223 e. The van der Waals surface area contributed by atoms with Crippen LogP contribution in [0.4, 0.5) is 11.4 Å². The van der Waals surface area contributed by atoms with E-state index in [1.807, 2.05) is 24.5 Å². The molecule has 1 unspecified atom stereocenters. The lowest BCUT2D eigenvalue weighted by Crippen LogP contribution is -2.55. The van der Waals surface area contributed by atoms with Crippen LogP contribution in [0.3, 0.4) is 0 Å².